The lowest BCUT2D eigenvalue weighted by Gasteiger charge is -1.84. The number of unbranched alkanes of at least 4 members (excludes halogenated alkanes) is 1. The van der Waals surface area contributed by atoms with Crippen LogP contribution in [0.1, 0.15) is 19.8 Å². The molecule has 0 amide bonds. The molecule has 0 bridgehead atoms. The molecule has 9 heavy (non-hydrogen) atoms. The maximum absolute atomic E-state index is 9.53. The SMILES string of the molecule is CC=CCCCN=C=O. The lowest BCUT2D eigenvalue weighted by molar-refractivity contribution is 0.562. The van der Waals surface area contributed by atoms with Crippen LogP contribution in [-0.4, -0.2) is 12.6 Å². The third-order valence-electron chi connectivity index (χ3n) is 0.941. The zero-order valence-electron chi connectivity index (χ0n) is 5.63. The van der Waals surface area contributed by atoms with Crippen molar-refractivity contribution < 1.29 is 4.79 Å². The van der Waals surface area contributed by atoms with E-state index in [1.165, 1.54) is 6.08 Å². The number of allylic oxidation sites excluding steroid dienone is 2. The van der Waals surface area contributed by atoms with Crippen LogP contribution in [0.15, 0.2) is 17.1 Å². The fraction of sp³-hybridized carbons (Fsp3) is 0.571. The monoisotopic (exact) mass is 125 g/mol. The van der Waals surface area contributed by atoms with E-state index >= 15 is 0 Å². The van der Waals surface area contributed by atoms with Gasteiger partial charge in [0.2, 0.25) is 6.08 Å². The van der Waals surface area contributed by atoms with E-state index < -0.39 is 0 Å². The Hall–Kier alpha value is -0.880. The van der Waals surface area contributed by atoms with E-state index in [2.05, 4.69) is 11.1 Å². The Bertz CT molecular complexity index is 123. The Kier molecular flexibility index (Phi) is 6.42. The van der Waals surface area contributed by atoms with Crippen LogP contribution in [-0.2, 0) is 4.79 Å². The van der Waals surface area contributed by atoms with Crippen LogP contribution in [0.2, 0.25) is 0 Å². The summed E-state index contributed by atoms with van der Waals surface area (Å²) in [5.41, 5.74) is 0. The first kappa shape index (κ1) is 8.12. The molecule has 0 aliphatic carbocycles. The molecule has 0 atom stereocenters. The zero-order valence-corrected chi connectivity index (χ0v) is 5.63. The topological polar surface area (TPSA) is 29.4 Å². The largest absolute Gasteiger partial charge is 0.234 e. The highest BCUT2D eigenvalue weighted by atomic mass is 16.1. The molecule has 50 valence electrons. The van der Waals surface area contributed by atoms with Gasteiger partial charge in [-0.05, 0) is 19.8 Å². The molecule has 0 fully saturated rings. The minimum Gasteiger partial charge on any atom is -0.211 e. The molecule has 0 aromatic heterocycles. The van der Waals surface area contributed by atoms with E-state index in [0.717, 1.165) is 12.8 Å². The van der Waals surface area contributed by atoms with E-state index in [0.29, 0.717) is 6.54 Å². The summed E-state index contributed by atoms with van der Waals surface area (Å²) in [7, 11) is 0. The van der Waals surface area contributed by atoms with Crippen LogP contribution in [0.3, 0.4) is 0 Å². The smallest absolute Gasteiger partial charge is 0.211 e. The highest BCUT2D eigenvalue weighted by Crippen LogP contribution is 1.89. The Morgan fingerprint density at radius 1 is 1.67 bits per heavy atom. The van der Waals surface area contributed by atoms with Gasteiger partial charge in [-0.1, -0.05) is 12.2 Å². The molecule has 2 nitrogen and oxygen atoms in total. The van der Waals surface area contributed by atoms with Crippen molar-refractivity contribution in [2.75, 3.05) is 6.54 Å². The summed E-state index contributed by atoms with van der Waals surface area (Å²) in [5.74, 6) is 0. The predicted molar refractivity (Wildman–Crippen MR) is 37.0 cm³/mol. The van der Waals surface area contributed by atoms with Crippen molar-refractivity contribution >= 4 is 6.08 Å². The second-order valence-corrected chi connectivity index (χ2v) is 1.68. The van der Waals surface area contributed by atoms with E-state index in [9.17, 15) is 4.79 Å². The van der Waals surface area contributed by atoms with Gasteiger partial charge in [-0.3, -0.25) is 0 Å². The average Bonchev–Trinajstić information content (AvgIpc) is 1.89. The second-order valence-electron chi connectivity index (χ2n) is 1.68. The molecule has 0 heterocycles. The minimum absolute atomic E-state index is 0.605. The van der Waals surface area contributed by atoms with Crippen molar-refractivity contribution in [1.82, 2.24) is 0 Å². The van der Waals surface area contributed by atoms with Crippen molar-refractivity contribution in [3.8, 4) is 0 Å². The van der Waals surface area contributed by atoms with Gasteiger partial charge in [0.15, 0.2) is 0 Å². The van der Waals surface area contributed by atoms with Gasteiger partial charge in [0.1, 0.15) is 0 Å². The van der Waals surface area contributed by atoms with Crippen LogP contribution in [0.5, 0.6) is 0 Å². The Balaban J connectivity index is 3.00. The van der Waals surface area contributed by atoms with Crippen LogP contribution in [0, 0.1) is 0 Å². The maximum Gasteiger partial charge on any atom is 0.234 e. The van der Waals surface area contributed by atoms with Gasteiger partial charge in [-0.2, -0.15) is 0 Å². The quantitative estimate of drug-likeness (QED) is 0.243. The molecule has 2 heteroatoms. The number of nitrogens with zero attached hydrogens (tertiary/aromatic N) is 1. The molecule has 0 rings (SSSR count). The maximum atomic E-state index is 9.53. The van der Waals surface area contributed by atoms with E-state index in [1.54, 1.807) is 0 Å². The summed E-state index contributed by atoms with van der Waals surface area (Å²) in [6.07, 6.45) is 7.49. The Morgan fingerprint density at radius 2 is 2.44 bits per heavy atom. The first-order valence-corrected chi connectivity index (χ1v) is 3.06. The van der Waals surface area contributed by atoms with Crippen molar-refractivity contribution in [1.29, 1.82) is 0 Å². The number of aliphatic imine (C=N–C) groups is 1. The van der Waals surface area contributed by atoms with Crippen LogP contribution in [0.4, 0.5) is 0 Å². The highest BCUT2D eigenvalue weighted by Gasteiger charge is 1.78. The summed E-state index contributed by atoms with van der Waals surface area (Å²) >= 11 is 0. The Labute approximate surface area is 55.3 Å². The fourth-order valence-corrected chi connectivity index (χ4v) is 0.501. The lowest BCUT2D eigenvalue weighted by atomic mass is 10.3. The summed E-state index contributed by atoms with van der Waals surface area (Å²) in [6.45, 7) is 2.58. The van der Waals surface area contributed by atoms with Gasteiger partial charge in [-0.15, -0.1) is 0 Å². The van der Waals surface area contributed by atoms with Gasteiger partial charge in [0, 0.05) is 0 Å². The van der Waals surface area contributed by atoms with Crippen LogP contribution >= 0.6 is 0 Å². The van der Waals surface area contributed by atoms with Crippen LogP contribution < -0.4 is 0 Å². The van der Waals surface area contributed by atoms with Gasteiger partial charge in [0.25, 0.3) is 0 Å². The summed E-state index contributed by atoms with van der Waals surface area (Å²) in [4.78, 5) is 12.9. The third-order valence-corrected chi connectivity index (χ3v) is 0.941. The number of hydrogen-bond donors (Lipinski definition) is 0. The molecular formula is C7H11NO. The third kappa shape index (κ3) is 7.12. The average molecular weight is 125 g/mol. The van der Waals surface area contributed by atoms with Crippen molar-refractivity contribution in [3.63, 3.8) is 0 Å². The van der Waals surface area contributed by atoms with Gasteiger partial charge >= 0.3 is 0 Å². The van der Waals surface area contributed by atoms with E-state index in [-0.39, 0.29) is 0 Å². The first-order valence-electron chi connectivity index (χ1n) is 3.06. The number of hydrogen-bond acceptors (Lipinski definition) is 2. The Morgan fingerprint density at radius 3 is 3.00 bits per heavy atom. The van der Waals surface area contributed by atoms with Gasteiger partial charge in [0.05, 0.1) is 6.54 Å². The fourth-order valence-electron chi connectivity index (χ4n) is 0.501. The molecule has 0 aromatic carbocycles. The molecule has 0 aliphatic rings. The lowest BCUT2D eigenvalue weighted by Crippen LogP contribution is -1.76. The number of carbonyl (C=O) groups excluding carboxylic acids is 1. The van der Waals surface area contributed by atoms with Crippen LogP contribution in [0.25, 0.3) is 0 Å². The molecule has 0 unspecified atom stereocenters. The van der Waals surface area contributed by atoms with E-state index in [4.69, 9.17) is 0 Å². The molecule has 0 spiro atoms. The van der Waals surface area contributed by atoms with Crippen molar-refractivity contribution in [3.05, 3.63) is 12.2 Å². The number of isocyanates is 1. The zero-order chi connectivity index (χ0) is 6.95. The molecule has 0 radical (unpaired) electrons. The summed E-state index contributed by atoms with van der Waals surface area (Å²) in [5, 5.41) is 0. The van der Waals surface area contributed by atoms with Gasteiger partial charge < -0.3 is 0 Å². The molecule has 0 aromatic rings. The molecule has 0 N–H and O–H groups in total. The van der Waals surface area contributed by atoms with Crippen molar-refractivity contribution in [2.24, 2.45) is 4.99 Å². The summed E-state index contributed by atoms with van der Waals surface area (Å²) < 4.78 is 0. The summed E-state index contributed by atoms with van der Waals surface area (Å²) in [6, 6.07) is 0. The molecule has 0 saturated carbocycles. The molecule has 0 saturated heterocycles. The standard InChI is InChI=1S/C7H11NO/c1-2-3-4-5-6-8-7-9/h2-3H,4-6H2,1H3. The highest BCUT2D eigenvalue weighted by molar-refractivity contribution is 5.32. The minimum atomic E-state index is 0.605. The number of rotatable bonds is 4. The second kappa shape index (κ2) is 7.12. The normalized spacial score (nSPS) is 9.44. The van der Waals surface area contributed by atoms with Gasteiger partial charge in [-0.25, -0.2) is 9.79 Å². The molecular weight excluding hydrogens is 114 g/mol. The van der Waals surface area contributed by atoms with Crippen molar-refractivity contribution in [2.45, 2.75) is 19.8 Å². The van der Waals surface area contributed by atoms with E-state index in [1.807, 2.05) is 13.0 Å². The predicted octanol–water partition coefficient (Wildman–Crippen LogP) is 1.68. The molecule has 0 aliphatic heterocycles. The first-order chi connectivity index (χ1) is 4.41.